The number of amides is 1. The molecule has 88 valence electrons. The number of hydrogen-bond acceptors (Lipinski definition) is 2. The second-order valence-electron chi connectivity index (χ2n) is 4.03. The van der Waals surface area contributed by atoms with E-state index in [2.05, 4.69) is 0 Å². The molecule has 5 heteroatoms. The molecule has 0 aromatic carbocycles. The van der Waals surface area contributed by atoms with Crippen LogP contribution in [0.25, 0.3) is 0 Å². The second kappa shape index (κ2) is 5.17. The monoisotopic (exact) mass is 253 g/mol. The summed E-state index contributed by atoms with van der Waals surface area (Å²) in [6.45, 7) is 8.60. The number of carbonyl (C=O) groups is 2. The minimum Gasteiger partial charge on any atom is -0.335 e. The SMILES string of the molecule is CC(=O)C(Cl)(Cl)C(=O)N(C(C)C)C(C)C. The van der Waals surface area contributed by atoms with Crippen LogP contribution in [0.3, 0.4) is 0 Å². The van der Waals surface area contributed by atoms with Crippen molar-refractivity contribution in [2.45, 2.75) is 51.0 Å². The van der Waals surface area contributed by atoms with Crippen LogP contribution in [-0.2, 0) is 9.59 Å². The van der Waals surface area contributed by atoms with Gasteiger partial charge in [-0.15, -0.1) is 0 Å². The molecule has 15 heavy (non-hydrogen) atoms. The van der Waals surface area contributed by atoms with Crippen molar-refractivity contribution in [3.63, 3.8) is 0 Å². The van der Waals surface area contributed by atoms with Crippen molar-refractivity contribution in [2.75, 3.05) is 0 Å². The van der Waals surface area contributed by atoms with Crippen LogP contribution in [0.2, 0.25) is 0 Å². The maximum absolute atomic E-state index is 11.9. The Hall–Kier alpha value is -0.280. The van der Waals surface area contributed by atoms with Crippen LogP contribution in [0, 0.1) is 0 Å². The molecule has 1 amide bonds. The Morgan fingerprint density at radius 1 is 1.07 bits per heavy atom. The fourth-order valence-electron chi connectivity index (χ4n) is 1.38. The maximum Gasteiger partial charge on any atom is 0.267 e. The normalized spacial score (nSPS) is 12.1. The number of halogens is 2. The maximum atomic E-state index is 11.9. The molecule has 0 rings (SSSR count). The van der Waals surface area contributed by atoms with Gasteiger partial charge < -0.3 is 4.90 Å². The number of Topliss-reactive ketones (excluding diaryl/α,β-unsaturated/α-hetero) is 1. The lowest BCUT2D eigenvalue weighted by molar-refractivity contribution is -0.138. The van der Waals surface area contributed by atoms with Gasteiger partial charge in [0.25, 0.3) is 10.2 Å². The first-order valence-corrected chi connectivity index (χ1v) is 5.59. The van der Waals surface area contributed by atoms with E-state index in [0.29, 0.717) is 0 Å². The summed E-state index contributed by atoms with van der Waals surface area (Å²) in [4.78, 5) is 24.6. The molecule has 0 heterocycles. The second-order valence-corrected chi connectivity index (χ2v) is 5.36. The van der Waals surface area contributed by atoms with Crippen molar-refractivity contribution in [3.8, 4) is 0 Å². The molecule has 0 aliphatic carbocycles. The van der Waals surface area contributed by atoms with E-state index in [9.17, 15) is 9.59 Å². The smallest absolute Gasteiger partial charge is 0.267 e. The van der Waals surface area contributed by atoms with Gasteiger partial charge in [0.2, 0.25) is 0 Å². The van der Waals surface area contributed by atoms with E-state index in [1.165, 1.54) is 11.8 Å². The predicted molar refractivity (Wildman–Crippen MR) is 62.2 cm³/mol. The van der Waals surface area contributed by atoms with E-state index in [0.717, 1.165) is 0 Å². The summed E-state index contributed by atoms with van der Waals surface area (Å²) in [6.07, 6.45) is 0. The molecule has 3 nitrogen and oxygen atoms in total. The Morgan fingerprint density at radius 2 is 1.40 bits per heavy atom. The molecule has 0 atom stereocenters. The third-order valence-corrected chi connectivity index (χ3v) is 2.91. The molecule has 0 saturated heterocycles. The summed E-state index contributed by atoms with van der Waals surface area (Å²) in [7, 11) is 0. The van der Waals surface area contributed by atoms with Crippen molar-refractivity contribution < 1.29 is 9.59 Å². The summed E-state index contributed by atoms with van der Waals surface area (Å²) in [6, 6.07) is -0.0950. The third kappa shape index (κ3) is 3.35. The van der Waals surface area contributed by atoms with E-state index in [4.69, 9.17) is 23.2 Å². The van der Waals surface area contributed by atoms with Crippen molar-refractivity contribution in [1.29, 1.82) is 0 Å². The van der Waals surface area contributed by atoms with Crippen LogP contribution in [0.1, 0.15) is 34.6 Å². The molecular weight excluding hydrogens is 237 g/mol. The fourth-order valence-corrected chi connectivity index (χ4v) is 1.57. The molecule has 0 fully saturated rings. The molecule has 0 unspecified atom stereocenters. The highest BCUT2D eigenvalue weighted by Gasteiger charge is 2.43. The molecule has 0 N–H and O–H groups in total. The van der Waals surface area contributed by atoms with Gasteiger partial charge in [-0.1, -0.05) is 23.2 Å². The fraction of sp³-hybridized carbons (Fsp3) is 0.800. The van der Waals surface area contributed by atoms with E-state index in [1.807, 2.05) is 27.7 Å². The summed E-state index contributed by atoms with van der Waals surface area (Å²) in [5.74, 6) is -1.11. The molecule has 0 bridgehead atoms. The number of alkyl halides is 2. The molecule has 0 radical (unpaired) electrons. The van der Waals surface area contributed by atoms with Crippen LogP contribution in [0.4, 0.5) is 0 Å². The zero-order valence-electron chi connectivity index (χ0n) is 9.67. The molecule has 0 aromatic rings. The number of nitrogens with zero attached hydrogens (tertiary/aromatic N) is 1. The number of carbonyl (C=O) groups excluding carboxylic acids is 2. The first-order chi connectivity index (χ1) is 6.62. The van der Waals surface area contributed by atoms with E-state index >= 15 is 0 Å². The number of rotatable bonds is 4. The van der Waals surface area contributed by atoms with Gasteiger partial charge in [0, 0.05) is 12.1 Å². The number of hydrogen-bond donors (Lipinski definition) is 0. The lowest BCUT2D eigenvalue weighted by Crippen LogP contribution is -2.51. The summed E-state index contributed by atoms with van der Waals surface area (Å²) in [5.41, 5.74) is 0. The Kier molecular flexibility index (Phi) is 5.07. The van der Waals surface area contributed by atoms with E-state index in [1.54, 1.807) is 0 Å². The summed E-state index contributed by atoms with van der Waals surface area (Å²) < 4.78 is -1.96. The molecular formula is C10H17Cl2NO2. The summed E-state index contributed by atoms with van der Waals surface area (Å²) in [5, 5.41) is 0. The zero-order chi connectivity index (χ0) is 12.4. The largest absolute Gasteiger partial charge is 0.335 e. The van der Waals surface area contributed by atoms with Crippen molar-refractivity contribution >= 4 is 34.9 Å². The van der Waals surface area contributed by atoms with Crippen LogP contribution in [-0.4, -0.2) is 33.0 Å². The van der Waals surface area contributed by atoms with Gasteiger partial charge in [0.05, 0.1) is 0 Å². The lowest BCUT2D eigenvalue weighted by atomic mass is 10.1. The van der Waals surface area contributed by atoms with Gasteiger partial charge in [-0.3, -0.25) is 9.59 Å². The average molecular weight is 254 g/mol. The third-order valence-electron chi connectivity index (χ3n) is 2.06. The van der Waals surface area contributed by atoms with Crippen LogP contribution >= 0.6 is 23.2 Å². The predicted octanol–water partition coefficient (Wildman–Crippen LogP) is 2.39. The van der Waals surface area contributed by atoms with Gasteiger partial charge in [0.1, 0.15) is 0 Å². The zero-order valence-corrected chi connectivity index (χ0v) is 11.2. The highest BCUT2D eigenvalue weighted by molar-refractivity contribution is 6.67. The standard InChI is InChI=1S/C10H17Cl2NO2/c1-6(2)13(7(3)4)9(15)10(11,12)8(5)14/h6-7H,1-5H3. The minimum atomic E-state index is -1.96. The van der Waals surface area contributed by atoms with Crippen LogP contribution in [0.15, 0.2) is 0 Å². The van der Waals surface area contributed by atoms with Crippen molar-refractivity contribution in [2.24, 2.45) is 0 Å². The summed E-state index contributed by atoms with van der Waals surface area (Å²) >= 11 is 11.5. The lowest BCUT2D eigenvalue weighted by Gasteiger charge is -2.34. The van der Waals surface area contributed by atoms with Gasteiger partial charge in [-0.05, 0) is 34.6 Å². The van der Waals surface area contributed by atoms with Gasteiger partial charge >= 0.3 is 0 Å². The highest BCUT2D eigenvalue weighted by atomic mass is 35.5. The molecule has 0 spiro atoms. The molecule has 0 saturated carbocycles. The topological polar surface area (TPSA) is 37.4 Å². The molecule has 0 aromatic heterocycles. The van der Waals surface area contributed by atoms with E-state index < -0.39 is 16.0 Å². The number of ketones is 1. The minimum absolute atomic E-state index is 0.0475. The van der Waals surface area contributed by atoms with Gasteiger partial charge in [0.15, 0.2) is 5.78 Å². The molecule has 0 aliphatic heterocycles. The Morgan fingerprint density at radius 3 is 1.60 bits per heavy atom. The van der Waals surface area contributed by atoms with Crippen molar-refractivity contribution in [1.82, 2.24) is 4.90 Å². The highest BCUT2D eigenvalue weighted by Crippen LogP contribution is 2.27. The van der Waals surface area contributed by atoms with Crippen LogP contribution in [0.5, 0.6) is 0 Å². The first kappa shape index (κ1) is 14.7. The Bertz CT molecular complexity index is 254. The first-order valence-electron chi connectivity index (χ1n) is 4.84. The van der Waals surface area contributed by atoms with Gasteiger partial charge in [-0.25, -0.2) is 0 Å². The Balaban J connectivity index is 5.03. The quantitative estimate of drug-likeness (QED) is 0.570. The molecule has 0 aliphatic rings. The van der Waals surface area contributed by atoms with Crippen molar-refractivity contribution in [3.05, 3.63) is 0 Å². The van der Waals surface area contributed by atoms with Gasteiger partial charge in [-0.2, -0.15) is 0 Å². The average Bonchev–Trinajstić information content (AvgIpc) is 2.01. The van der Waals surface area contributed by atoms with Crippen LogP contribution < -0.4 is 0 Å². The van der Waals surface area contributed by atoms with E-state index in [-0.39, 0.29) is 12.1 Å². The Labute approximate surface area is 101 Å².